The van der Waals surface area contributed by atoms with E-state index in [9.17, 15) is 5.11 Å². The monoisotopic (exact) mass is 243 g/mol. The molecule has 1 aliphatic rings. The van der Waals surface area contributed by atoms with Gasteiger partial charge in [0.05, 0.1) is 6.33 Å². The van der Waals surface area contributed by atoms with Crippen molar-refractivity contribution in [3.05, 3.63) is 42.0 Å². The summed E-state index contributed by atoms with van der Waals surface area (Å²) in [7, 11) is 0. The van der Waals surface area contributed by atoms with Gasteiger partial charge in [0.15, 0.2) is 0 Å². The summed E-state index contributed by atoms with van der Waals surface area (Å²) in [5.74, 6) is 0.834. The van der Waals surface area contributed by atoms with Crippen molar-refractivity contribution < 1.29 is 5.11 Å². The van der Waals surface area contributed by atoms with Gasteiger partial charge in [-0.25, -0.2) is 4.98 Å². The minimum Gasteiger partial charge on any atom is -0.508 e. The van der Waals surface area contributed by atoms with E-state index in [0.29, 0.717) is 11.7 Å². The summed E-state index contributed by atoms with van der Waals surface area (Å²) in [6, 6.07) is 5.45. The fourth-order valence-electron chi connectivity index (χ4n) is 2.63. The summed E-state index contributed by atoms with van der Waals surface area (Å²) in [6.07, 6.45) is 4.96. The predicted octanol–water partition coefficient (Wildman–Crippen LogP) is 1.96. The molecule has 2 N–H and O–H groups in total. The molecule has 1 fully saturated rings. The highest BCUT2D eigenvalue weighted by Crippen LogP contribution is 2.27. The highest BCUT2D eigenvalue weighted by atomic mass is 16.3. The number of hydrogen-bond acceptors (Lipinski definition) is 3. The summed E-state index contributed by atoms with van der Waals surface area (Å²) in [5.41, 5.74) is 3.39. The van der Waals surface area contributed by atoms with Crippen LogP contribution in [0.2, 0.25) is 0 Å². The largest absolute Gasteiger partial charge is 0.508 e. The first-order valence-electron chi connectivity index (χ1n) is 6.28. The lowest BCUT2D eigenvalue weighted by Gasteiger charge is -2.14. The van der Waals surface area contributed by atoms with E-state index in [1.165, 1.54) is 5.69 Å². The third-order valence-electron chi connectivity index (χ3n) is 3.59. The number of phenolic OH excluding ortho intramolecular Hbond substituents is 1. The minimum absolute atomic E-state index is 0.306. The molecule has 0 saturated carbocycles. The lowest BCUT2D eigenvalue weighted by atomic mass is 10.0. The van der Waals surface area contributed by atoms with Gasteiger partial charge in [-0.1, -0.05) is 0 Å². The molecule has 1 aromatic carbocycles. The van der Waals surface area contributed by atoms with Crippen LogP contribution < -0.4 is 5.32 Å². The molecule has 0 radical (unpaired) electrons. The van der Waals surface area contributed by atoms with E-state index in [0.717, 1.165) is 30.8 Å². The van der Waals surface area contributed by atoms with Crippen LogP contribution in [0.25, 0.3) is 5.69 Å². The zero-order valence-corrected chi connectivity index (χ0v) is 10.4. The third kappa shape index (κ3) is 1.88. The van der Waals surface area contributed by atoms with Crippen molar-refractivity contribution in [1.29, 1.82) is 0 Å². The van der Waals surface area contributed by atoms with E-state index in [1.54, 1.807) is 12.1 Å². The molecule has 0 aliphatic carbocycles. The zero-order valence-electron chi connectivity index (χ0n) is 10.4. The molecular weight excluding hydrogens is 226 g/mol. The first-order chi connectivity index (χ1) is 8.75. The van der Waals surface area contributed by atoms with E-state index >= 15 is 0 Å². The number of rotatable bonds is 2. The second kappa shape index (κ2) is 4.46. The van der Waals surface area contributed by atoms with Crippen LogP contribution >= 0.6 is 0 Å². The fraction of sp³-hybridized carbons (Fsp3) is 0.357. The number of phenols is 1. The van der Waals surface area contributed by atoms with Crippen molar-refractivity contribution in [1.82, 2.24) is 14.9 Å². The Hall–Kier alpha value is -1.81. The Morgan fingerprint density at radius 1 is 1.44 bits per heavy atom. The maximum absolute atomic E-state index is 9.48. The molecule has 0 amide bonds. The van der Waals surface area contributed by atoms with Gasteiger partial charge in [0, 0.05) is 30.0 Å². The number of imidazole rings is 1. The number of aromatic hydroxyl groups is 1. The van der Waals surface area contributed by atoms with Crippen LogP contribution in [0, 0.1) is 6.92 Å². The first kappa shape index (κ1) is 11.3. The number of nitrogens with zero attached hydrogens (tertiary/aromatic N) is 2. The van der Waals surface area contributed by atoms with Gasteiger partial charge >= 0.3 is 0 Å². The summed E-state index contributed by atoms with van der Waals surface area (Å²) in [6.45, 7) is 4.10. The Labute approximate surface area is 106 Å². The van der Waals surface area contributed by atoms with Crippen LogP contribution in [0.1, 0.15) is 23.6 Å². The zero-order chi connectivity index (χ0) is 12.5. The predicted molar refractivity (Wildman–Crippen MR) is 70.2 cm³/mol. The van der Waals surface area contributed by atoms with E-state index in [4.69, 9.17) is 0 Å². The lowest BCUT2D eigenvalue weighted by molar-refractivity contribution is 0.474. The Bertz CT molecular complexity index is 556. The molecule has 94 valence electrons. The molecule has 1 aliphatic heterocycles. The maximum atomic E-state index is 9.48. The summed E-state index contributed by atoms with van der Waals surface area (Å²) in [5, 5.41) is 12.9. The highest BCUT2D eigenvalue weighted by Gasteiger charge is 2.21. The number of aromatic nitrogens is 2. The van der Waals surface area contributed by atoms with Crippen molar-refractivity contribution in [3.63, 3.8) is 0 Å². The van der Waals surface area contributed by atoms with Gasteiger partial charge in [-0.05, 0) is 43.7 Å². The molecule has 2 aromatic rings. The van der Waals surface area contributed by atoms with Crippen LogP contribution in [0.3, 0.4) is 0 Å². The molecule has 1 atom stereocenters. The average molecular weight is 243 g/mol. The van der Waals surface area contributed by atoms with E-state index in [1.807, 2.05) is 25.5 Å². The molecule has 1 unspecified atom stereocenters. The quantitative estimate of drug-likeness (QED) is 0.847. The highest BCUT2D eigenvalue weighted by molar-refractivity contribution is 5.46. The first-order valence-corrected chi connectivity index (χ1v) is 6.28. The molecule has 1 saturated heterocycles. The van der Waals surface area contributed by atoms with Gasteiger partial charge < -0.3 is 15.0 Å². The van der Waals surface area contributed by atoms with Crippen LogP contribution in [0.15, 0.2) is 30.7 Å². The summed E-state index contributed by atoms with van der Waals surface area (Å²) < 4.78 is 2.13. The summed E-state index contributed by atoms with van der Waals surface area (Å²) >= 11 is 0. The van der Waals surface area contributed by atoms with Crippen LogP contribution in [0.5, 0.6) is 5.75 Å². The summed E-state index contributed by atoms with van der Waals surface area (Å²) in [4.78, 5) is 4.28. The molecule has 2 heterocycles. The third-order valence-corrected chi connectivity index (χ3v) is 3.59. The van der Waals surface area contributed by atoms with E-state index in [2.05, 4.69) is 14.9 Å². The van der Waals surface area contributed by atoms with Gasteiger partial charge in [-0.2, -0.15) is 0 Å². The SMILES string of the molecule is Cc1cc(O)ccc1-n1cncc1C1CCNC1. The second-order valence-electron chi connectivity index (χ2n) is 4.85. The number of hydrogen-bond donors (Lipinski definition) is 2. The van der Waals surface area contributed by atoms with Gasteiger partial charge in [0.1, 0.15) is 5.75 Å². The van der Waals surface area contributed by atoms with Crippen molar-refractivity contribution >= 4 is 0 Å². The molecule has 3 rings (SSSR count). The normalized spacial score (nSPS) is 19.3. The molecule has 18 heavy (non-hydrogen) atoms. The fourth-order valence-corrected chi connectivity index (χ4v) is 2.63. The molecule has 0 bridgehead atoms. The van der Waals surface area contributed by atoms with Gasteiger partial charge in [0.25, 0.3) is 0 Å². The van der Waals surface area contributed by atoms with E-state index in [-0.39, 0.29) is 0 Å². The smallest absolute Gasteiger partial charge is 0.115 e. The van der Waals surface area contributed by atoms with Crippen LogP contribution in [0.4, 0.5) is 0 Å². The Morgan fingerprint density at radius 3 is 3.06 bits per heavy atom. The van der Waals surface area contributed by atoms with Gasteiger partial charge in [-0.3, -0.25) is 0 Å². The molecule has 4 heteroatoms. The molecular formula is C14H17N3O. The van der Waals surface area contributed by atoms with Crippen LogP contribution in [-0.2, 0) is 0 Å². The van der Waals surface area contributed by atoms with Crippen molar-refractivity contribution in [2.75, 3.05) is 13.1 Å². The number of aryl methyl sites for hydroxylation is 1. The number of nitrogens with one attached hydrogen (secondary N) is 1. The van der Waals surface area contributed by atoms with Crippen LogP contribution in [-0.4, -0.2) is 27.7 Å². The maximum Gasteiger partial charge on any atom is 0.115 e. The Kier molecular flexibility index (Phi) is 2.80. The van der Waals surface area contributed by atoms with Crippen molar-refractivity contribution in [2.45, 2.75) is 19.3 Å². The van der Waals surface area contributed by atoms with Crippen molar-refractivity contribution in [3.8, 4) is 11.4 Å². The molecule has 1 aromatic heterocycles. The minimum atomic E-state index is 0.306. The molecule has 4 nitrogen and oxygen atoms in total. The number of benzene rings is 1. The van der Waals surface area contributed by atoms with Gasteiger partial charge in [-0.15, -0.1) is 0 Å². The van der Waals surface area contributed by atoms with E-state index < -0.39 is 0 Å². The standard InChI is InChI=1S/C14H17N3O/c1-10-6-12(18)2-3-13(10)17-9-16-8-14(17)11-4-5-15-7-11/h2-3,6,8-9,11,15,18H,4-5,7H2,1H3. The van der Waals surface area contributed by atoms with Gasteiger partial charge in [0.2, 0.25) is 0 Å². The molecule has 0 spiro atoms. The average Bonchev–Trinajstić information content (AvgIpc) is 2.98. The van der Waals surface area contributed by atoms with Crippen molar-refractivity contribution in [2.24, 2.45) is 0 Å². The topological polar surface area (TPSA) is 50.1 Å². The Balaban J connectivity index is 2.03. The second-order valence-corrected chi connectivity index (χ2v) is 4.85. The Morgan fingerprint density at radius 2 is 2.33 bits per heavy atom. The lowest BCUT2D eigenvalue weighted by Crippen LogP contribution is -2.11.